The van der Waals surface area contributed by atoms with Gasteiger partial charge < -0.3 is 5.32 Å². The van der Waals surface area contributed by atoms with Crippen LogP contribution >= 0.6 is 38.5 Å². The van der Waals surface area contributed by atoms with Gasteiger partial charge in [-0.15, -0.1) is 0 Å². The molecule has 100 valence electrons. The monoisotopic (exact) mass is 433 g/mol. The number of amides is 1. The Balaban J connectivity index is 2.26. The number of aromatic nitrogens is 2. The Morgan fingerprint density at radius 2 is 2.16 bits per heavy atom. The minimum Gasteiger partial charge on any atom is -0.307 e. The fraction of sp³-hybridized carbons (Fsp3) is 0.231. The molecule has 0 saturated carbocycles. The average Bonchev–Trinajstić information content (AvgIpc) is 2.80. The first-order chi connectivity index (χ1) is 8.99. The van der Waals surface area contributed by atoms with Gasteiger partial charge in [0.15, 0.2) is 0 Å². The SMILES string of the molecule is CC(C)n1nccc1NC(=O)c1cc(I)ccc1Br. The summed E-state index contributed by atoms with van der Waals surface area (Å²) in [6.45, 7) is 4.04. The van der Waals surface area contributed by atoms with Crippen molar-refractivity contribution < 1.29 is 4.79 Å². The maximum atomic E-state index is 12.3. The van der Waals surface area contributed by atoms with E-state index in [4.69, 9.17) is 0 Å². The number of hydrogen-bond donors (Lipinski definition) is 1. The fourth-order valence-electron chi connectivity index (χ4n) is 1.68. The van der Waals surface area contributed by atoms with Gasteiger partial charge in [-0.2, -0.15) is 5.10 Å². The van der Waals surface area contributed by atoms with E-state index in [0.717, 1.165) is 8.04 Å². The van der Waals surface area contributed by atoms with Gasteiger partial charge in [0.2, 0.25) is 0 Å². The number of halogens is 2. The Kier molecular flexibility index (Phi) is 4.62. The lowest BCUT2D eigenvalue weighted by molar-refractivity contribution is 0.102. The Morgan fingerprint density at radius 1 is 1.42 bits per heavy atom. The van der Waals surface area contributed by atoms with Crippen LogP contribution in [0.2, 0.25) is 0 Å². The number of carbonyl (C=O) groups is 1. The highest BCUT2D eigenvalue weighted by molar-refractivity contribution is 14.1. The average molecular weight is 434 g/mol. The van der Waals surface area contributed by atoms with E-state index in [-0.39, 0.29) is 11.9 Å². The largest absolute Gasteiger partial charge is 0.307 e. The smallest absolute Gasteiger partial charge is 0.257 e. The molecule has 0 radical (unpaired) electrons. The molecule has 0 aliphatic heterocycles. The summed E-state index contributed by atoms with van der Waals surface area (Å²) in [5.74, 6) is 0.554. The molecule has 4 nitrogen and oxygen atoms in total. The van der Waals surface area contributed by atoms with Crippen molar-refractivity contribution in [3.05, 3.63) is 44.1 Å². The molecule has 1 N–H and O–H groups in total. The van der Waals surface area contributed by atoms with Gasteiger partial charge in [-0.1, -0.05) is 0 Å². The summed E-state index contributed by atoms with van der Waals surface area (Å²) in [5.41, 5.74) is 0.614. The van der Waals surface area contributed by atoms with Crippen LogP contribution in [-0.2, 0) is 0 Å². The quantitative estimate of drug-likeness (QED) is 0.741. The predicted octanol–water partition coefficient (Wildman–Crippen LogP) is 4.08. The summed E-state index contributed by atoms with van der Waals surface area (Å²) < 4.78 is 3.57. The molecule has 2 aromatic rings. The predicted molar refractivity (Wildman–Crippen MR) is 87.4 cm³/mol. The van der Waals surface area contributed by atoms with Crippen LogP contribution in [0.5, 0.6) is 0 Å². The van der Waals surface area contributed by atoms with Crippen LogP contribution in [0.1, 0.15) is 30.2 Å². The maximum absolute atomic E-state index is 12.3. The van der Waals surface area contributed by atoms with Crippen molar-refractivity contribution in [2.45, 2.75) is 19.9 Å². The van der Waals surface area contributed by atoms with Gasteiger partial charge in [-0.3, -0.25) is 4.79 Å². The molecule has 0 fully saturated rings. The van der Waals surface area contributed by atoms with Crippen molar-refractivity contribution >= 4 is 50.2 Å². The van der Waals surface area contributed by atoms with Gasteiger partial charge in [-0.25, -0.2) is 4.68 Å². The lowest BCUT2D eigenvalue weighted by Gasteiger charge is -2.12. The third-order valence-corrected chi connectivity index (χ3v) is 3.94. The van der Waals surface area contributed by atoms with Gasteiger partial charge >= 0.3 is 0 Å². The summed E-state index contributed by atoms with van der Waals surface area (Å²) in [6.07, 6.45) is 1.68. The van der Waals surface area contributed by atoms with Crippen LogP contribution < -0.4 is 5.32 Å². The Bertz CT molecular complexity index is 610. The molecule has 6 heteroatoms. The molecule has 0 atom stereocenters. The second kappa shape index (κ2) is 6.04. The minimum absolute atomic E-state index is 0.146. The Labute approximate surface area is 133 Å². The number of benzene rings is 1. The molecule has 0 aliphatic carbocycles. The van der Waals surface area contributed by atoms with Gasteiger partial charge in [0, 0.05) is 20.2 Å². The summed E-state index contributed by atoms with van der Waals surface area (Å²) in [6, 6.07) is 7.65. The number of hydrogen-bond acceptors (Lipinski definition) is 2. The minimum atomic E-state index is -0.146. The topological polar surface area (TPSA) is 46.9 Å². The Morgan fingerprint density at radius 3 is 2.84 bits per heavy atom. The van der Waals surface area contributed by atoms with Crippen molar-refractivity contribution in [1.29, 1.82) is 0 Å². The normalized spacial score (nSPS) is 10.8. The zero-order valence-electron chi connectivity index (χ0n) is 10.5. The van der Waals surface area contributed by atoms with Gasteiger partial charge in [0.05, 0.1) is 11.8 Å². The first kappa shape index (κ1) is 14.5. The van der Waals surface area contributed by atoms with Crippen molar-refractivity contribution in [2.75, 3.05) is 5.32 Å². The third-order valence-electron chi connectivity index (χ3n) is 2.57. The molecule has 0 bridgehead atoms. The van der Waals surface area contributed by atoms with Crippen LogP contribution in [0.4, 0.5) is 5.82 Å². The first-order valence-corrected chi connectivity index (χ1v) is 7.66. The van der Waals surface area contributed by atoms with Crippen molar-refractivity contribution in [3.63, 3.8) is 0 Å². The second-order valence-electron chi connectivity index (χ2n) is 4.33. The van der Waals surface area contributed by atoms with E-state index < -0.39 is 0 Å². The molecular formula is C13H13BrIN3O. The van der Waals surface area contributed by atoms with Crippen LogP contribution in [0.3, 0.4) is 0 Å². The molecule has 1 aromatic carbocycles. The summed E-state index contributed by atoms with van der Waals surface area (Å²) in [4.78, 5) is 12.3. The van der Waals surface area contributed by atoms with Crippen molar-refractivity contribution in [2.24, 2.45) is 0 Å². The van der Waals surface area contributed by atoms with Crippen LogP contribution in [0.15, 0.2) is 34.9 Å². The second-order valence-corrected chi connectivity index (χ2v) is 6.43. The summed E-state index contributed by atoms with van der Waals surface area (Å²) in [5, 5.41) is 7.08. The molecule has 2 rings (SSSR count). The Hall–Kier alpha value is -0.890. The molecule has 1 amide bonds. The summed E-state index contributed by atoms with van der Waals surface area (Å²) >= 11 is 5.58. The number of carbonyl (C=O) groups excluding carboxylic acids is 1. The number of rotatable bonds is 3. The van der Waals surface area contributed by atoms with Crippen LogP contribution in [0.25, 0.3) is 0 Å². The maximum Gasteiger partial charge on any atom is 0.257 e. The zero-order chi connectivity index (χ0) is 14.0. The molecule has 1 heterocycles. The third kappa shape index (κ3) is 3.36. The fourth-order valence-corrected chi connectivity index (χ4v) is 2.60. The van der Waals surface area contributed by atoms with Gasteiger partial charge in [-0.05, 0) is 70.6 Å². The van der Waals surface area contributed by atoms with E-state index in [0.29, 0.717) is 11.4 Å². The molecule has 1 aromatic heterocycles. The molecular weight excluding hydrogens is 421 g/mol. The zero-order valence-corrected chi connectivity index (χ0v) is 14.3. The highest BCUT2D eigenvalue weighted by Crippen LogP contribution is 2.21. The highest BCUT2D eigenvalue weighted by Gasteiger charge is 2.14. The van der Waals surface area contributed by atoms with E-state index in [9.17, 15) is 4.79 Å². The number of anilines is 1. The lowest BCUT2D eigenvalue weighted by Crippen LogP contribution is -2.17. The number of nitrogens with one attached hydrogen (secondary N) is 1. The molecule has 19 heavy (non-hydrogen) atoms. The van der Waals surface area contributed by atoms with E-state index >= 15 is 0 Å². The van der Waals surface area contributed by atoms with E-state index in [2.05, 4.69) is 48.9 Å². The van der Waals surface area contributed by atoms with Crippen molar-refractivity contribution in [1.82, 2.24) is 9.78 Å². The van der Waals surface area contributed by atoms with Crippen molar-refractivity contribution in [3.8, 4) is 0 Å². The van der Waals surface area contributed by atoms with Gasteiger partial charge in [0.1, 0.15) is 5.82 Å². The molecule has 0 aliphatic rings. The van der Waals surface area contributed by atoms with Crippen LogP contribution in [0, 0.1) is 3.57 Å². The van der Waals surface area contributed by atoms with E-state index in [1.165, 1.54) is 0 Å². The van der Waals surface area contributed by atoms with E-state index in [1.807, 2.05) is 32.0 Å². The summed E-state index contributed by atoms with van der Waals surface area (Å²) in [7, 11) is 0. The highest BCUT2D eigenvalue weighted by atomic mass is 127. The van der Waals surface area contributed by atoms with E-state index in [1.54, 1.807) is 16.9 Å². The van der Waals surface area contributed by atoms with Crippen LogP contribution in [-0.4, -0.2) is 15.7 Å². The standard InChI is InChI=1S/C13H13BrIN3O/c1-8(2)18-12(5-6-16-18)17-13(19)10-7-9(15)3-4-11(10)14/h3-8H,1-2H3,(H,17,19). The first-order valence-electron chi connectivity index (χ1n) is 5.79. The molecule has 0 saturated heterocycles. The number of nitrogens with zero attached hydrogens (tertiary/aromatic N) is 2. The van der Waals surface area contributed by atoms with Gasteiger partial charge in [0.25, 0.3) is 5.91 Å². The lowest BCUT2D eigenvalue weighted by atomic mass is 10.2. The molecule has 0 spiro atoms. The molecule has 0 unspecified atom stereocenters.